The second-order valence-electron chi connectivity index (χ2n) is 10.4. The Morgan fingerprint density at radius 3 is 2.15 bits per heavy atom. The molecule has 4 rings (SSSR count). The third kappa shape index (κ3) is 8.13. The van der Waals surface area contributed by atoms with Crippen LogP contribution in [0.15, 0.2) is 79.0 Å². The van der Waals surface area contributed by atoms with Gasteiger partial charge in [0.25, 0.3) is 0 Å². The zero-order valence-electron chi connectivity index (χ0n) is 24.1. The van der Waals surface area contributed by atoms with Gasteiger partial charge in [-0.1, -0.05) is 42.5 Å². The first-order valence-corrected chi connectivity index (χ1v) is 13.8. The topological polar surface area (TPSA) is 105 Å². The minimum absolute atomic E-state index is 0.0695. The number of aliphatic hydroxyl groups is 1. The van der Waals surface area contributed by atoms with Crippen LogP contribution in [0.25, 0.3) is 5.82 Å². The summed E-state index contributed by atoms with van der Waals surface area (Å²) in [6.45, 7) is 7.00. The standard InChI is InChI=1S/C33H38N4O4/c1-22(34-21-30(38)29-15-16-31(35-20-29)37-23(2)5-6-24(37)3)17-25-7-9-26(10-8-25)18-32(39)36-19-27-11-13-28(14-12-27)33(40)41-4/h5-16,20,22,30,34,38H,17-19,21H2,1-4H3,(H,36,39). The van der Waals surface area contributed by atoms with E-state index in [1.54, 1.807) is 30.5 Å². The maximum absolute atomic E-state index is 12.4. The second kappa shape index (κ2) is 13.9. The van der Waals surface area contributed by atoms with E-state index in [9.17, 15) is 14.7 Å². The van der Waals surface area contributed by atoms with E-state index in [1.165, 1.54) is 7.11 Å². The van der Waals surface area contributed by atoms with Crippen molar-refractivity contribution in [3.05, 3.63) is 118 Å². The van der Waals surface area contributed by atoms with E-state index in [0.29, 0.717) is 18.7 Å². The lowest BCUT2D eigenvalue weighted by molar-refractivity contribution is -0.120. The van der Waals surface area contributed by atoms with Gasteiger partial charge in [0, 0.05) is 42.3 Å². The molecule has 0 saturated heterocycles. The number of rotatable bonds is 12. The smallest absolute Gasteiger partial charge is 0.337 e. The number of aryl methyl sites for hydroxylation is 2. The molecule has 1 amide bonds. The summed E-state index contributed by atoms with van der Waals surface area (Å²) in [5, 5.41) is 17.0. The summed E-state index contributed by atoms with van der Waals surface area (Å²) in [5.74, 6) is 0.388. The summed E-state index contributed by atoms with van der Waals surface area (Å²) >= 11 is 0. The van der Waals surface area contributed by atoms with Crippen LogP contribution in [0.1, 0.15) is 57.0 Å². The first-order chi connectivity index (χ1) is 19.7. The number of hydrogen-bond acceptors (Lipinski definition) is 6. The van der Waals surface area contributed by atoms with Crippen molar-refractivity contribution in [1.82, 2.24) is 20.2 Å². The minimum atomic E-state index is -0.655. The number of carbonyl (C=O) groups is 2. The fourth-order valence-electron chi connectivity index (χ4n) is 4.73. The highest BCUT2D eigenvalue weighted by atomic mass is 16.5. The Hall–Kier alpha value is -4.27. The summed E-state index contributed by atoms with van der Waals surface area (Å²) in [4.78, 5) is 28.5. The predicted molar refractivity (Wildman–Crippen MR) is 159 cm³/mol. The van der Waals surface area contributed by atoms with E-state index in [0.717, 1.165) is 45.9 Å². The quantitative estimate of drug-likeness (QED) is 0.224. The van der Waals surface area contributed by atoms with Gasteiger partial charge in [-0.05, 0) is 74.2 Å². The van der Waals surface area contributed by atoms with E-state index in [4.69, 9.17) is 4.74 Å². The lowest BCUT2D eigenvalue weighted by Crippen LogP contribution is -2.32. The Morgan fingerprint density at radius 2 is 1.54 bits per heavy atom. The Balaban J connectivity index is 1.19. The number of carbonyl (C=O) groups excluding carboxylic acids is 2. The van der Waals surface area contributed by atoms with Crippen LogP contribution < -0.4 is 10.6 Å². The molecule has 0 bridgehead atoms. The maximum atomic E-state index is 12.4. The van der Waals surface area contributed by atoms with Crippen LogP contribution in [0.2, 0.25) is 0 Å². The molecule has 41 heavy (non-hydrogen) atoms. The zero-order valence-corrected chi connectivity index (χ0v) is 24.1. The number of esters is 1. The minimum Gasteiger partial charge on any atom is -0.465 e. The average molecular weight is 555 g/mol. The van der Waals surface area contributed by atoms with Crippen LogP contribution in [0.3, 0.4) is 0 Å². The lowest BCUT2D eigenvalue weighted by Gasteiger charge is -2.18. The van der Waals surface area contributed by atoms with Gasteiger partial charge in [-0.3, -0.25) is 4.79 Å². The van der Waals surface area contributed by atoms with Crippen molar-refractivity contribution in [1.29, 1.82) is 0 Å². The summed E-state index contributed by atoms with van der Waals surface area (Å²) in [6.07, 6.45) is 2.17. The molecule has 2 aromatic heterocycles. The third-order valence-electron chi connectivity index (χ3n) is 7.11. The molecule has 0 aliphatic carbocycles. The van der Waals surface area contributed by atoms with Crippen LogP contribution in [0.5, 0.6) is 0 Å². The highest BCUT2D eigenvalue weighted by Gasteiger charge is 2.13. The highest BCUT2D eigenvalue weighted by molar-refractivity contribution is 5.89. The number of nitrogens with one attached hydrogen (secondary N) is 2. The highest BCUT2D eigenvalue weighted by Crippen LogP contribution is 2.17. The molecular formula is C33H38N4O4. The summed E-state index contributed by atoms with van der Waals surface area (Å²) < 4.78 is 6.79. The largest absolute Gasteiger partial charge is 0.465 e. The number of amides is 1. The SMILES string of the molecule is COC(=O)c1ccc(CNC(=O)Cc2ccc(CC(C)NCC(O)c3ccc(-n4c(C)ccc4C)nc3)cc2)cc1. The van der Waals surface area contributed by atoms with Crippen LogP contribution in [0, 0.1) is 13.8 Å². The number of hydrogen-bond donors (Lipinski definition) is 3. The fraction of sp³-hybridized carbons (Fsp3) is 0.303. The van der Waals surface area contributed by atoms with Crippen LogP contribution in [-0.2, 0) is 28.9 Å². The van der Waals surface area contributed by atoms with E-state index in [1.807, 2.05) is 50.2 Å². The number of benzene rings is 2. The molecule has 0 aliphatic rings. The number of ether oxygens (including phenoxy) is 1. The van der Waals surface area contributed by atoms with Gasteiger partial charge in [0.05, 0.1) is 25.2 Å². The van der Waals surface area contributed by atoms with Crippen LogP contribution in [-0.4, -0.2) is 46.2 Å². The van der Waals surface area contributed by atoms with Crippen LogP contribution in [0.4, 0.5) is 0 Å². The molecule has 0 aliphatic heterocycles. The average Bonchev–Trinajstić information content (AvgIpc) is 3.33. The van der Waals surface area contributed by atoms with E-state index < -0.39 is 6.10 Å². The van der Waals surface area contributed by atoms with Gasteiger partial charge in [-0.25, -0.2) is 9.78 Å². The third-order valence-corrected chi connectivity index (χ3v) is 7.11. The Morgan fingerprint density at radius 1 is 0.902 bits per heavy atom. The van der Waals surface area contributed by atoms with E-state index in [2.05, 4.69) is 39.2 Å². The monoisotopic (exact) mass is 554 g/mol. The molecule has 2 unspecified atom stereocenters. The van der Waals surface area contributed by atoms with Crippen molar-refractivity contribution in [3.63, 3.8) is 0 Å². The molecular weight excluding hydrogens is 516 g/mol. The van der Waals surface area contributed by atoms with Crippen molar-refractivity contribution >= 4 is 11.9 Å². The molecule has 2 aromatic carbocycles. The fourth-order valence-corrected chi connectivity index (χ4v) is 4.73. The molecule has 0 saturated carbocycles. The number of aromatic nitrogens is 2. The van der Waals surface area contributed by atoms with Gasteiger partial charge in [0.15, 0.2) is 0 Å². The predicted octanol–water partition coefficient (Wildman–Crippen LogP) is 4.39. The molecule has 8 nitrogen and oxygen atoms in total. The molecule has 8 heteroatoms. The van der Waals surface area contributed by atoms with Crippen LogP contribution >= 0.6 is 0 Å². The van der Waals surface area contributed by atoms with Crippen molar-refractivity contribution in [2.24, 2.45) is 0 Å². The van der Waals surface area contributed by atoms with Gasteiger partial charge in [-0.15, -0.1) is 0 Å². The van der Waals surface area contributed by atoms with Gasteiger partial charge in [0.1, 0.15) is 5.82 Å². The molecule has 2 heterocycles. The van der Waals surface area contributed by atoms with Gasteiger partial charge in [0.2, 0.25) is 5.91 Å². The zero-order chi connectivity index (χ0) is 29.4. The van der Waals surface area contributed by atoms with E-state index >= 15 is 0 Å². The number of methoxy groups -OCH3 is 1. The van der Waals surface area contributed by atoms with Crippen molar-refractivity contribution in [2.75, 3.05) is 13.7 Å². The Kier molecular flexibility index (Phi) is 10.1. The molecule has 2 atom stereocenters. The van der Waals surface area contributed by atoms with Crippen molar-refractivity contribution < 1.29 is 19.4 Å². The first-order valence-electron chi connectivity index (χ1n) is 13.8. The molecule has 0 fully saturated rings. The molecule has 3 N–H and O–H groups in total. The molecule has 214 valence electrons. The van der Waals surface area contributed by atoms with Crippen molar-refractivity contribution in [3.8, 4) is 5.82 Å². The van der Waals surface area contributed by atoms with Gasteiger partial charge < -0.3 is 25.0 Å². The number of pyridine rings is 1. The van der Waals surface area contributed by atoms with Crippen molar-refractivity contribution in [2.45, 2.75) is 52.3 Å². The second-order valence-corrected chi connectivity index (χ2v) is 10.4. The summed E-state index contributed by atoms with van der Waals surface area (Å²) in [5.41, 5.74) is 6.48. The van der Waals surface area contributed by atoms with Gasteiger partial charge >= 0.3 is 5.97 Å². The lowest BCUT2D eigenvalue weighted by atomic mass is 10.0. The molecule has 0 spiro atoms. The maximum Gasteiger partial charge on any atom is 0.337 e. The number of aliphatic hydroxyl groups excluding tert-OH is 1. The summed E-state index contributed by atoms with van der Waals surface area (Å²) in [7, 11) is 1.35. The van der Waals surface area contributed by atoms with Gasteiger partial charge in [-0.2, -0.15) is 0 Å². The Bertz CT molecular complexity index is 1420. The Labute approximate surface area is 241 Å². The molecule has 0 radical (unpaired) electrons. The summed E-state index contributed by atoms with van der Waals surface area (Å²) in [6, 6.07) is 23.1. The first kappa shape index (κ1) is 29.7. The normalized spacial score (nSPS) is 12.5. The van der Waals surface area contributed by atoms with E-state index in [-0.39, 0.29) is 24.3 Å². The number of nitrogens with zero attached hydrogens (tertiary/aromatic N) is 2. The molecule has 4 aromatic rings.